The van der Waals surface area contributed by atoms with E-state index in [1.807, 2.05) is 25.1 Å². The Kier molecular flexibility index (Phi) is 4.96. The highest BCUT2D eigenvalue weighted by atomic mass is 16.5. The lowest BCUT2D eigenvalue weighted by Gasteiger charge is -2.35. The average molecular weight is 291 g/mol. The Morgan fingerprint density at radius 2 is 2.05 bits per heavy atom. The summed E-state index contributed by atoms with van der Waals surface area (Å²) < 4.78 is 5.12. The Bertz CT molecular complexity index is 529. The molecule has 0 radical (unpaired) electrons. The number of amides is 1. The van der Waals surface area contributed by atoms with Crippen molar-refractivity contribution in [3.63, 3.8) is 0 Å². The van der Waals surface area contributed by atoms with Gasteiger partial charge in [-0.1, -0.05) is 25.1 Å². The van der Waals surface area contributed by atoms with E-state index < -0.39 is 11.9 Å². The van der Waals surface area contributed by atoms with Gasteiger partial charge in [0.15, 0.2) is 0 Å². The molecule has 0 aromatic heterocycles. The van der Waals surface area contributed by atoms with Crippen LogP contribution in [0.25, 0.3) is 0 Å². The molecule has 2 unspecified atom stereocenters. The Hall–Kier alpha value is -1.88. The first-order chi connectivity index (χ1) is 10.0. The minimum absolute atomic E-state index is 0.111. The number of methoxy groups -OCH3 is 1. The third-order valence-corrected chi connectivity index (χ3v) is 3.84. The van der Waals surface area contributed by atoms with E-state index in [-0.39, 0.29) is 18.4 Å². The van der Waals surface area contributed by atoms with Gasteiger partial charge in [-0.15, -0.1) is 0 Å². The third-order valence-electron chi connectivity index (χ3n) is 3.84. The molecule has 2 rings (SSSR count). The second kappa shape index (κ2) is 6.72. The van der Waals surface area contributed by atoms with Crippen molar-refractivity contribution in [2.24, 2.45) is 11.8 Å². The van der Waals surface area contributed by atoms with Crippen molar-refractivity contribution in [1.29, 1.82) is 0 Å². The molecule has 1 fully saturated rings. The number of carbonyl (C=O) groups excluding carboxylic acids is 1. The number of aliphatic carboxylic acids is 1. The molecule has 0 aliphatic carbocycles. The van der Waals surface area contributed by atoms with Crippen LogP contribution in [0.5, 0.6) is 0 Å². The molecule has 0 spiro atoms. The number of carbonyl (C=O) groups is 2. The summed E-state index contributed by atoms with van der Waals surface area (Å²) in [6.07, 6.45) is 0.624. The van der Waals surface area contributed by atoms with Gasteiger partial charge in [-0.05, 0) is 24.0 Å². The van der Waals surface area contributed by atoms with Crippen LogP contribution in [-0.2, 0) is 16.1 Å². The van der Waals surface area contributed by atoms with E-state index in [0.29, 0.717) is 25.1 Å². The van der Waals surface area contributed by atoms with Crippen LogP contribution in [0.15, 0.2) is 24.3 Å². The van der Waals surface area contributed by atoms with Crippen LogP contribution in [0.1, 0.15) is 29.3 Å². The molecular weight excluding hydrogens is 270 g/mol. The number of ether oxygens (including phenoxy) is 1. The fourth-order valence-electron chi connectivity index (χ4n) is 2.88. The number of likely N-dealkylation sites (tertiary alicyclic amines) is 1. The van der Waals surface area contributed by atoms with E-state index in [0.717, 1.165) is 5.56 Å². The lowest BCUT2D eigenvalue weighted by molar-refractivity contribution is -0.143. The maximum Gasteiger partial charge on any atom is 0.308 e. The number of hydrogen-bond donors (Lipinski definition) is 1. The van der Waals surface area contributed by atoms with Gasteiger partial charge in [-0.3, -0.25) is 9.59 Å². The molecule has 1 saturated heterocycles. The maximum absolute atomic E-state index is 12.7. The van der Waals surface area contributed by atoms with E-state index in [4.69, 9.17) is 4.74 Å². The maximum atomic E-state index is 12.7. The molecule has 2 atom stereocenters. The summed E-state index contributed by atoms with van der Waals surface area (Å²) in [7, 11) is 1.59. The molecule has 1 aliphatic heterocycles. The summed E-state index contributed by atoms with van der Waals surface area (Å²) in [5.41, 5.74) is 1.42. The van der Waals surface area contributed by atoms with Gasteiger partial charge in [0.1, 0.15) is 0 Å². The molecule has 1 aromatic carbocycles. The number of carboxylic acids is 1. The molecule has 0 bridgehead atoms. The number of rotatable bonds is 4. The highest BCUT2D eigenvalue weighted by molar-refractivity contribution is 5.96. The molecular formula is C16H21NO4. The van der Waals surface area contributed by atoms with E-state index in [1.54, 1.807) is 18.1 Å². The molecule has 1 N–H and O–H groups in total. The second-order valence-electron chi connectivity index (χ2n) is 5.68. The predicted molar refractivity (Wildman–Crippen MR) is 78.0 cm³/mol. The Morgan fingerprint density at radius 1 is 1.33 bits per heavy atom. The van der Waals surface area contributed by atoms with Crippen LogP contribution in [0, 0.1) is 11.8 Å². The normalized spacial score (nSPS) is 22.1. The SMILES string of the molecule is COCc1ccccc1C(=O)N1CC(C)CC(C(=O)O)C1. The van der Waals surface area contributed by atoms with Gasteiger partial charge in [0.2, 0.25) is 0 Å². The zero-order valence-electron chi connectivity index (χ0n) is 12.4. The van der Waals surface area contributed by atoms with Gasteiger partial charge in [-0.2, -0.15) is 0 Å². The van der Waals surface area contributed by atoms with E-state index >= 15 is 0 Å². The zero-order chi connectivity index (χ0) is 15.4. The average Bonchev–Trinajstić information content (AvgIpc) is 2.47. The highest BCUT2D eigenvalue weighted by Gasteiger charge is 2.32. The molecule has 0 saturated carbocycles. The minimum atomic E-state index is -0.829. The number of piperidine rings is 1. The van der Waals surface area contributed by atoms with Crippen molar-refractivity contribution >= 4 is 11.9 Å². The predicted octanol–water partition coefficient (Wildman–Crippen LogP) is 2.02. The molecule has 114 valence electrons. The fourth-order valence-corrected chi connectivity index (χ4v) is 2.88. The third kappa shape index (κ3) is 3.61. The highest BCUT2D eigenvalue weighted by Crippen LogP contribution is 2.24. The molecule has 5 nitrogen and oxygen atoms in total. The van der Waals surface area contributed by atoms with Crippen molar-refractivity contribution in [3.8, 4) is 0 Å². The van der Waals surface area contributed by atoms with Crippen molar-refractivity contribution in [2.75, 3.05) is 20.2 Å². The standard InChI is InChI=1S/C16H21NO4/c1-11-7-13(16(19)20)9-17(8-11)15(18)14-6-4-3-5-12(14)10-21-2/h3-6,11,13H,7-10H2,1-2H3,(H,19,20). The van der Waals surface area contributed by atoms with Crippen molar-refractivity contribution in [1.82, 2.24) is 4.90 Å². The first kappa shape index (κ1) is 15.5. The number of hydrogen-bond acceptors (Lipinski definition) is 3. The van der Waals surface area contributed by atoms with E-state index in [1.165, 1.54) is 0 Å². The van der Waals surface area contributed by atoms with Crippen LogP contribution >= 0.6 is 0 Å². The summed E-state index contributed by atoms with van der Waals surface area (Å²) in [6, 6.07) is 7.31. The van der Waals surface area contributed by atoms with Crippen LogP contribution in [0.2, 0.25) is 0 Å². The van der Waals surface area contributed by atoms with Gasteiger partial charge in [-0.25, -0.2) is 0 Å². The lowest BCUT2D eigenvalue weighted by Crippen LogP contribution is -2.45. The van der Waals surface area contributed by atoms with Crippen molar-refractivity contribution in [2.45, 2.75) is 20.0 Å². The summed E-state index contributed by atoms with van der Waals surface area (Å²) in [5.74, 6) is -1.23. The van der Waals surface area contributed by atoms with E-state index in [2.05, 4.69) is 0 Å². The van der Waals surface area contributed by atoms with Gasteiger partial charge in [0, 0.05) is 25.8 Å². The first-order valence-electron chi connectivity index (χ1n) is 7.11. The van der Waals surface area contributed by atoms with E-state index in [9.17, 15) is 14.7 Å². The molecule has 1 heterocycles. The second-order valence-corrected chi connectivity index (χ2v) is 5.68. The number of benzene rings is 1. The number of nitrogens with zero attached hydrogens (tertiary/aromatic N) is 1. The summed E-state index contributed by atoms with van der Waals surface area (Å²) in [4.78, 5) is 25.6. The fraction of sp³-hybridized carbons (Fsp3) is 0.500. The van der Waals surface area contributed by atoms with Gasteiger partial charge >= 0.3 is 5.97 Å². The first-order valence-corrected chi connectivity index (χ1v) is 7.11. The monoisotopic (exact) mass is 291 g/mol. The molecule has 1 aromatic rings. The Morgan fingerprint density at radius 3 is 2.71 bits per heavy atom. The van der Waals surface area contributed by atoms with Crippen LogP contribution < -0.4 is 0 Å². The zero-order valence-corrected chi connectivity index (χ0v) is 12.4. The summed E-state index contributed by atoms with van der Waals surface area (Å²) in [5, 5.41) is 9.21. The molecule has 1 amide bonds. The molecule has 5 heteroatoms. The van der Waals surface area contributed by atoms with Gasteiger partial charge in [0.25, 0.3) is 5.91 Å². The summed E-state index contributed by atoms with van der Waals surface area (Å²) in [6.45, 7) is 3.23. The summed E-state index contributed by atoms with van der Waals surface area (Å²) >= 11 is 0. The van der Waals surface area contributed by atoms with Crippen LogP contribution in [0.4, 0.5) is 0 Å². The lowest BCUT2D eigenvalue weighted by atomic mass is 9.90. The van der Waals surface area contributed by atoms with Crippen LogP contribution in [-0.4, -0.2) is 42.1 Å². The smallest absolute Gasteiger partial charge is 0.308 e. The van der Waals surface area contributed by atoms with Gasteiger partial charge < -0.3 is 14.7 Å². The largest absolute Gasteiger partial charge is 0.481 e. The molecule has 21 heavy (non-hydrogen) atoms. The van der Waals surface area contributed by atoms with Crippen molar-refractivity contribution < 1.29 is 19.4 Å². The molecule has 1 aliphatic rings. The van der Waals surface area contributed by atoms with Crippen LogP contribution in [0.3, 0.4) is 0 Å². The minimum Gasteiger partial charge on any atom is -0.481 e. The Balaban J connectivity index is 2.21. The topological polar surface area (TPSA) is 66.8 Å². The Labute approximate surface area is 124 Å². The quantitative estimate of drug-likeness (QED) is 0.921. The van der Waals surface area contributed by atoms with Crippen molar-refractivity contribution in [3.05, 3.63) is 35.4 Å². The van der Waals surface area contributed by atoms with Gasteiger partial charge in [0.05, 0.1) is 12.5 Å². The number of carboxylic acid groups (broad SMARTS) is 1.